The average molecular weight is 338 g/mol. The normalized spacial score (nSPS) is 15.9. The van der Waals surface area contributed by atoms with Gasteiger partial charge >= 0.3 is 6.03 Å². The zero-order valence-electron chi connectivity index (χ0n) is 14.9. The standard InChI is InChI=1S/C21H26N2O2/c1-3-25-19-13-11-16(12-14-19)15(2)22-21(24)23-20(18-9-10-18)17-7-5-4-6-8-17/h4-8,11-15,18,20H,3,9-10H2,1-2H3,(H2,22,23,24). The van der Waals surface area contributed by atoms with Gasteiger partial charge in [0.05, 0.1) is 18.7 Å². The molecule has 2 aromatic rings. The van der Waals surface area contributed by atoms with Gasteiger partial charge < -0.3 is 15.4 Å². The van der Waals surface area contributed by atoms with Crippen molar-refractivity contribution in [3.05, 3.63) is 65.7 Å². The highest BCUT2D eigenvalue weighted by molar-refractivity contribution is 5.75. The van der Waals surface area contributed by atoms with E-state index in [4.69, 9.17) is 4.74 Å². The van der Waals surface area contributed by atoms with Crippen molar-refractivity contribution < 1.29 is 9.53 Å². The summed E-state index contributed by atoms with van der Waals surface area (Å²) in [6.07, 6.45) is 2.35. The highest BCUT2D eigenvalue weighted by atomic mass is 16.5. The van der Waals surface area contributed by atoms with Gasteiger partial charge in [0.1, 0.15) is 5.75 Å². The van der Waals surface area contributed by atoms with Gasteiger partial charge in [-0.3, -0.25) is 0 Å². The molecule has 2 unspecified atom stereocenters. The number of amides is 2. The van der Waals surface area contributed by atoms with E-state index in [1.165, 1.54) is 18.4 Å². The number of carbonyl (C=O) groups is 1. The second-order valence-corrected chi connectivity index (χ2v) is 6.57. The molecule has 1 fully saturated rings. The van der Waals surface area contributed by atoms with Crippen LogP contribution >= 0.6 is 0 Å². The highest BCUT2D eigenvalue weighted by Gasteiger charge is 2.33. The largest absolute Gasteiger partial charge is 0.494 e. The van der Waals surface area contributed by atoms with E-state index in [2.05, 4.69) is 22.8 Å². The van der Waals surface area contributed by atoms with Crippen LogP contribution in [-0.4, -0.2) is 12.6 Å². The fraction of sp³-hybridized carbons (Fsp3) is 0.381. The SMILES string of the molecule is CCOc1ccc(C(C)NC(=O)NC(c2ccccc2)C2CC2)cc1. The summed E-state index contributed by atoms with van der Waals surface area (Å²) < 4.78 is 5.46. The second-order valence-electron chi connectivity index (χ2n) is 6.57. The Morgan fingerprint density at radius 2 is 1.72 bits per heavy atom. The Morgan fingerprint density at radius 3 is 2.32 bits per heavy atom. The van der Waals surface area contributed by atoms with Crippen LogP contribution in [0.1, 0.15) is 49.9 Å². The molecule has 1 aliphatic carbocycles. The summed E-state index contributed by atoms with van der Waals surface area (Å²) in [6.45, 7) is 4.60. The van der Waals surface area contributed by atoms with Gasteiger partial charge in [-0.25, -0.2) is 4.79 Å². The lowest BCUT2D eigenvalue weighted by Crippen LogP contribution is -2.39. The highest BCUT2D eigenvalue weighted by Crippen LogP contribution is 2.40. The van der Waals surface area contributed by atoms with Gasteiger partial charge in [-0.1, -0.05) is 42.5 Å². The van der Waals surface area contributed by atoms with Gasteiger partial charge in [0.2, 0.25) is 0 Å². The van der Waals surface area contributed by atoms with Crippen molar-refractivity contribution in [3.63, 3.8) is 0 Å². The van der Waals surface area contributed by atoms with Gasteiger partial charge in [0, 0.05) is 0 Å². The molecule has 4 heteroatoms. The van der Waals surface area contributed by atoms with Crippen LogP contribution in [0.3, 0.4) is 0 Å². The predicted octanol–water partition coefficient (Wildman–Crippen LogP) is 4.60. The minimum atomic E-state index is -0.123. The number of ether oxygens (including phenoxy) is 1. The van der Waals surface area contributed by atoms with E-state index >= 15 is 0 Å². The summed E-state index contributed by atoms with van der Waals surface area (Å²) in [6, 6.07) is 18.0. The number of urea groups is 1. The van der Waals surface area contributed by atoms with E-state index in [9.17, 15) is 4.79 Å². The maximum absolute atomic E-state index is 12.5. The van der Waals surface area contributed by atoms with Gasteiger partial charge in [0.15, 0.2) is 0 Å². The van der Waals surface area contributed by atoms with Crippen LogP contribution < -0.4 is 15.4 Å². The first-order valence-corrected chi connectivity index (χ1v) is 9.02. The van der Waals surface area contributed by atoms with Gasteiger partial charge in [0.25, 0.3) is 0 Å². The molecular weight excluding hydrogens is 312 g/mol. The van der Waals surface area contributed by atoms with Crippen molar-refractivity contribution in [2.75, 3.05) is 6.61 Å². The summed E-state index contributed by atoms with van der Waals surface area (Å²) in [5.74, 6) is 1.40. The van der Waals surface area contributed by atoms with Crippen molar-refractivity contribution >= 4 is 6.03 Å². The average Bonchev–Trinajstić information content (AvgIpc) is 3.46. The third-order valence-electron chi connectivity index (χ3n) is 4.58. The fourth-order valence-electron chi connectivity index (χ4n) is 3.05. The summed E-state index contributed by atoms with van der Waals surface area (Å²) in [4.78, 5) is 12.5. The number of hydrogen-bond donors (Lipinski definition) is 2. The molecule has 0 aromatic heterocycles. The lowest BCUT2D eigenvalue weighted by Gasteiger charge is -2.21. The molecule has 0 bridgehead atoms. The number of nitrogens with one attached hydrogen (secondary N) is 2. The lowest BCUT2D eigenvalue weighted by atomic mass is 10.0. The van der Waals surface area contributed by atoms with E-state index in [0.29, 0.717) is 12.5 Å². The molecule has 2 aromatic carbocycles. The molecule has 1 aliphatic rings. The van der Waals surface area contributed by atoms with Crippen molar-refractivity contribution in [2.24, 2.45) is 5.92 Å². The molecule has 0 saturated heterocycles. The molecular formula is C21H26N2O2. The summed E-state index contributed by atoms with van der Waals surface area (Å²) in [5, 5.41) is 6.19. The first-order valence-electron chi connectivity index (χ1n) is 9.02. The van der Waals surface area contributed by atoms with E-state index in [1.807, 2.05) is 56.3 Å². The van der Waals surface area contributed by atoms with Crippen molar-refractivity contribution in [3.8, 4) is 5.75 Å². The van der Waals surface area contributed by atoms with Crippen LogP contribution in [0.2, 0.25) is 0 Å². The topological polar surface area (TPSA) is 50.4 Å². The molecule has 0 spiro atoms. The van der Waals surface area contributed by atoms with Gasteiger partial charge in [-0.2, -0.15) is 0 Å². The Hall–Kier alpha value is -2.49. The first kappa shape index (κ1) is 17.3. The van der Waals surface area contributed by atoms with Crippen LogP contribution in [0.25, 0.3) is 0 Å². The second kappa shape index (κ2) is 8.06. The molecule has 4 nitrogen and oxygen atoms in total. The van der Waals surface area contributed by atoms with Crippen LogP contribution in [-0.2, 0) is 0 Å². The smallest absolute Gasteiger partial charge is 0.315 e. The lowest BCUT2D eigenvalue weighted by molar-refractivity contribution is 0.232. The van der Waals surface area contributed by atoms with Gasteiger partial charge in [-0.15, -0.1) is 0 Å². The maximum Gasteiger partial charge on any atom is 0.315 e. The Bertz CT molecular complexity index is 681. The first-order chi connectivity index (χ1) is 12.2. The molecule has 2 N–H and O–H groups in total. The molecule has 132 valence electrons. The summed E-state index contributed by atoms with van der Waals surface area (Å²) in [7, 11) is 0. The Kier molecular flexibility index (Phi) is 5.59. The predicted molar refractivity (Wildman–Crippen MR) is 99.6 cm³/mol. The van der Waals surface area contributed by atoms with E-state index in [-0.39, 0.29) is 18.1 Å². The molecule has 2 amide bonds. The minimum absolute atomic E-state index is 0.0636. The third-order valence-corrected chi connectivity index (χ3v) is 4.58. The van der Waals surface area contributed by atoms with Gasteiger partial charge in [-0.05, 0) is 55.9 Å². The molecule has 0 heterocycles. The molecule has 1 saturated carbocycles. The number of carbonyl (C=O) groups excluding carboxylic acids is 1. The monoisotopic (exact) mass is 338 g/mol. The number of rotatable bonds is 7. The van der Waals surface area contributed by atoms with E-state index in [0.717, 1.165) is 11.3 Å². The zero-order chi connectivity index (χ0) is 17.6. The minimum Gasteiger partial charge on any atom is -0.494 e. The maximum atomic E-state index is 12.5. The van der Waals surface area contributed by atoms with Crippen LogP contribution in [0.15, 0.2) is 54.6 Å². The van der Waals surface area contributed by atoms with E-state index in [1.54, 1.807) is 0 Å². The number of benzene rings is 2. The van der Waals surface area contributed by atoms with E-state index < -0.39 is 0 Å². The number of hydrogen-bond acceptors (Lipinski definition) is 2. The Labute approximate surface area is 149 Å². The molecule has 25 heavy (non-hydrogen) atoms. The Morgan fingerprint density at radius 1 is 1.04 bits per heavy atom. The zero-order valence-corrected chi connectivity index (χ0v) is 14.9. The summed E-state index contributed by atoms with van der Waals surface area (Å²) >= 11 is 0. The molecule has 3 rings (SSSR count). The molecule has 2 atom stereocenters. The van der Waals surface area contributed by atoms with Crippen LogP contribution in [0, 0.1) is 5.92 Å². The van der Waals surface area contributed by atoms with Crippen molar-refractivity contribution in [1.82, 2.24) is 10.6 Å². The Balaban J connectivity index is 1.59. The van der Waals surface area contributed by atoms with Crippen LogP contribution in [0.4, 0.5) is 4.79 Å². The van der Waals surface area contributed by atoms with Crippen molar-refractivity contribution in [2.45, 2.75) is 38.8 Å². The summed E-state index contributed by atoms with van der Waals surface area (Å²) in [5.41, 5.74) is 2.23. The molecule has 0 aliphatic heterocycles. The van der Waals surface area contributed by atoms with Crippen molar-refractivity contribution in [1.29, 1.82) is 0 Å². The van der Waals surface area contributed by atoms with Crippen LogP contribution in [0.5, 0.6) is 5.75 Å². The molecule has 0 radical (unpaired) electrons. The third kappa shape index (κ3) is 4.75. The quantitative estimate of drug-likeness (QED) is 0.775. The fourth-order valence-corrected chi connectivity index (χ4v) is 3.05.